The first kappa shape index (κ1) is 14.7. The lowest BCUT2D eigenvalue weighted by Crippen LogP contribution is -2.23. The molecule has 0 saturated carbocycles. The second kappa shape index (κ2) is 6.14. The van der Waals surface area contributed by atoms with Crippen LogP contribution in [0.3, 0.4) is 0 Å². The fraction of sp³-hybridized carbons (Fsp3) is 0.312. The highest BCUT2D eigenvalue weighted by Crippen LogP contribution is 2.30. The van der Waals surface area contributed by atoms with Gasteiger partial charge in [0.1, 0.15) is 5.75 Å². The molecule has 0 amide bonds. The molecule has 0 saturated heterocycles. The third-order valence-corrected chi connectivity index (χ3v) is 3.63. The number of methoxy groups -OCH3 is 1. The van der Waals surface area contributed by atoms with Crippen LogP contribution in [0.1, 0.15) is 18.1 Å². The molecule has 2 rings (SSSR count). The van der Waals surface area contributed by atoms with E-state index >= 15 is 0 Å². The number of pyridine rings is 1. The van der Waals surface area contributed by atoms with Gasteiger partial charge in [-0.3, -0.25) is 4.79 Å². The molecular formula is C16H18ClNO2. The van der Waals surface area contributed by atoms with Crippen LogP contribution in [0.15, 0.2) is 35.1 Å². The quantitative estimate of drug-likeness (QED) is 0.806. The minimum atomic E-state index is -0.0384. The van der Waals surface area contributed by atoms with Crippen molar-refractivity contribution < 1.29 is 4.74 Å². The van der Waals surface area contributed by atoms with E-state index in [1.54, 1.807) is 17.7 Å². The van der Waals surface area contributed by atoms with Gasteiger partial charge in [0.2, 0.25) is 0 Å². The molecule has 0 spiro atoms. The monoisotopic (exact) mass is 291 g/mol. The fourth-order valence-corrected chi connectivity index (χ4v) is 2.50. The van der Waals surface area contributed by atoms with Gasteiger partial charge < -0.3 is 9.30 Å². The van der Waals surface area contributed by atoms with E-state index in [4.69, 9.17) is 16.3 Å². The third-order valence-electron chi connectivity index (χ3n) is 3.34. The van der Waals surface area contributed by atoms with Crippen molar-refractivity contribution in [2.24, 2.45) is 0 Å². The molecule has 0 aliphatic carbocycles. The van der Waals surface area contributed by atoms with E-state index in [2.05, 4.69) is 0 Å². The molecule has 0 atom stereocenters. The van der Waals surface area contributed by atoms with Gasteiger partial charge in [-0.05, 0) is 32.0 Å². The number of ether oxygens (including phenoxy) is 1. The number of rotatable bonds is 4. The molecule has 3 nitrogen and oxygen atoms in total. The van der Waals surface area contributed by atoms with E-state index in [0.29, 0.717) is 12.1 Å². The summed E-state index contributed by atoms with van der Waals surface area (Å²) in [5, 5.41) is 0. The van der Waals surface area contributed by atoms with E-state index in [0.717, 1.165) is 22.6 Å². The predicted octanol–water partition coefficient (Wildman–Crippen LogP) is 3.59. The minimum absolute atomic E-state index is 0.0384. The van der Waals surface area contributed by atoms with Gasteiger partial charge in [-0.2, -0.15) is 0 Å². The van der Waals surface area contributed by atoms with Crippen LogP contribution in [-0.4, -0.2) is 11.7 Å². The van der Waals surface area contributed by atoms with Crippen molar-refractivity contribution in [3.63, 3.8) is 0 Å². The van der Waals surface area contributed by atoms with Gasteiger partial charge in [0.15, 0.2) is 0 Å². The molecule has 1 aromatic heterocycles. The average Bonchev–Trinajstić information content (AvgIpc) is 2.46. The Kier molecular flexibility index (Phi) is 4.50. The van der Waals surface area contributed by atoms with Gasteiger partial charge in [-0.25, -0.2) is 0 Å². The Morgan fingerprint density at radius 2 is 2.00 bits per heavy atom. The molecule has 4 heteroatoms. The van der Waals surface area contributed by atoms with E-state index < -0.39 is 0 Å². The second-order valence-corrected chi connectivity index (χ2v) is 4.90. The molecule has 0 bridgehead atoms. The van der Waals surface area contributed by atoms with Gasteiger partial charge in [0, 0.05) is 17.7 Å². The fourth-order valence-electron chi connectivity index (χ4n) is 2.30. The van der Waals surface area contributed by atoms with E-state index in [9.17, 15) is 4.79 Å². The van der Waals surface area contributed by atoms with Crippen molar-refractivity contribution in [1.82, 2.24) is 4.57 Å². The van der Waals surface area contributed by atoms with Gasteiger partial charge in [0.05, 0.1) is 18.7 Å². The van der Waals surface area contributed by atoms with E-state index in [-0.39, 0.29) is 11.4 Å². The number of hydrogen-bond donors (Lipinski definition) is 0. The number of aryl methyl sites for hydroxylation is 1. The van der Waals surface area contributed by atoms with E-state index in [1.807, 2.05) is 38.1 Å². The molecule has 106 valence electrons. The Hall–Kier alpha value is -1.74. The SMILES string of the molecule is CCn1c(-c2cc(C)ccc2OC)ccc(CCl)c1=O. The van der Waals surface area contributed by atoms with Crippen molar-refractivity contribution in [3.05, 3.63) is 51.8 Å². The summed E-state index contributed by atoms with van der Waals surface area (Å²) in [7, 11) is 1.63. The second-order valence-electron chi connectivity index (χ2n) is 4.63. The van der Waals surface area contributed by atoms with Gasteiger partial charge in [0.25, 0.3) is 5.56 Å². The Bertz CT molecular complexity index is 677. The van der Waals surface area contributed by atoms with Gasteiger partial charge in [-0.15, -0.1) is 11.6 Å². The van der Waals surface area contributed by atoms with Crippen molar-refractivity contribution in [3.8, 4) is 17.0 Å². The first-order chi connectivity index (χ1) is 9.62. The number of halogens is 1. The first-order valence-electron chi connectivity index (χ1n) is 6.56. The van der Waals surface area contributed by atoms with Crippen molar-refractivity contribution >= 4 is 11.6 Å². The Morgan fingerprint density at radius 1 is 1.25 bits per heavy atom. The van der Waals surface area contributed by atoms with Crippen LogP contribution < -0.4 is 10.3 Å². The summed E-state index contributed by atoms with van der Waals surface area (Å²) in [6, 6.07) is 9.66. The lowest BCUT2D eigenvalue weighted by Gasteiger charge is -2.15. The summed E-state index contributed by atoms with van der Waals surface area (Å²) in [5.41, 5.74) is 3.48. The number of aromatic nitrogens is 1. The molecule has 0 unspecified atom stereocenters. The molecule has 0 N–H and O–H groups in total. The summed E-state index contributed by atoms with van der Waals surface area (Å²) in [6.45, 7) is 4.56. The Labute approximate surface area is 123 Å². The Morgan fingerprint density at radius 3 is 2.60 bits per heavy atom. The zero-order chi connectivity index (χ0) is 14.7. The largest absolute Gasteiger partial charge is 0.496 e. The third kappa shape index (κ3) is 2.59. The summed E-state index contributed by atoms with van der Waals surface area (Å²) < 4.78 is 7.14. The Balaban J connectivity index is 2.73. The molecule has 1 aromatic carbocycles. The minimum Gasteiger partial charge on any atom is -0.496 e. The predicted molar refractivity (Wildman–Crippen MR) is 82.7 cm³/mol. The lowest BCUT2D eigenvalue weighted by molar-refractivity contribution is 0.416. The van der Waals surface area contributed by atoms with Gasteiger partial charge >= 0.3 is 0 Å². The van der Waals surface area contributed by atoms with Crippen LogP contribution >= 0.6 is 11.6 Å². The number of hydrogen-bond acceptors (Lipinski definition) is 2. The molecule has 0 aliphatic rings. The molecule has 1 heterocycles. The zero-order valence-electron chi connectivity index (χ0n) is 11.9. The maximum absolute atomic E-state index is 12.3. The standard InChI is InChI=1S/C16H18ClNO2/c1-4-18-14(7-6-12(10-17)16(18)19)13-9-11(2)5-8-15(13)20-3/h5-9H,4,10H2,1-3H3. The van der Waals surface area contributed by atoms with Crippen LogP contribution in [-0.2, 0) is 12.4 Å². The molecule has 20 heavy (non-hydrogen) atoms. The highest BCUT2D eigenvalue weighted by Gasteiger charge is 2.13. The highest BCUT2D eigenvalue weighted by molar-refractivity contribution is 6.17. The highest BCUT2D eigenvalue weighted by atomic mass is 35.5. The number of alkyl halides is 1. The molecule has 2 aromatic rings. The summed E-state index contributed by atoms with van der Waals surface area (Å²) in [5.74, 6) is 0.986. The average molecular weight is 292 g/mol. The molecule has 0 fully saturated rings. The normalized spacial score (nSPS) is 10.6. The molecule has 0 aliphatic heterocycles. The van der Waals surface area contributed by atoms with Crippen LogP contribution in [0.2, 0.25) is 0 Å². The lowest BCUT2D eigenvalue weighted by atomic mass is 10.1. The van der Waals surface area contributed by atoms with Crippen molar-refractivity contribution in [2.75, 3.05) is 7.11 Å². The van der Waals surface area contributed by atoms with E-state index in [1.165, 1.54) is 0 Å². The van der Waals surface area contributed by atoms with Crippen LogP contribution in [0.4, 0.5) is 0 Å². The van der Waals surface area contributed by atoms with Crippen LogP contribution in [0.5, 0.6) is 5.75 Å². The number of benzene rings is 1. The maximum atomic E-state index is 12.3. The van der Waals surface area contributed by atoms with Gasteiger partial charge in [-0.1, -0.05) is 17.7 Å². The summed E-state index contributed by atoms with van der Waals surface area (Å²) in [4.78, 5) is 12.3. The topological polar surface area (TPSA) is 31.2 Å². The van der Waals surface area contributed by atoms with Crippen LogP contribution in [0.25, 0.3) is 11.3 Å². The van der Waals surface area contributed by atoms with Crippen LogP contribution in [0, 0.1) is 6.92 Å². The summed E-state index contributed by atoms with van der Waals surface area (Å²) in [6.07, 6.45) is 0. The first-order valence-corrected chi connectivity index (χ1v) is 7.09. The van der Waals surface area contributed by atoms with Crippen molar-refractivity contribution in [2.45, 2.75) is 26.3 Å². The van der Waals surface area contributed by atoms with Crippen molar-refractivity contribution in [1.29, 1.82) is 0 Å². The molecule has 0 radical (unpaired) electrons. The smallest absolute Gasteiger partial charge is 0.255 e. The number of nitrogens with zero attached hydrogens (tertiary/aromatic N) is 1. The molecular weight excluding hydrogens is 274 g/mol. The zero-order valence-corrected chi connectivity index (χ0v) is 12.7. The maximum Gasteiger partial charge on any atom is 0.255 e. The summed E-state index contributed by atoms with van der Waals surface area (Å²) >= 11 is 5.81.